The zero-order valence-corrected chi connectivity index (χ0v) is 14.4. The fraction of sp³-hybridized carbons (Fsp3) is 0.389. The Morgan fingerprint density at radius 2 is 1.76 bits per heavy atom. The lowest BCUT2D eigenvalue weighted by Gasteiger charge is -2.34. The maximum absolute atomic E-state index is 11.1. The first-order valence-electron chi connectivity index (χ1n) is 8.41. The molecule has 1 N–H and O–H groups in total. The summed E-state index contributed by atoms with van der Waals surface area (Å²) in [6.07, 6.45) is 2.96. The molecule has 7 heteroatoms. The highest BCUT2D eigenvalue weighted by atomic mass is 16.5. The van der Waals surface area contributed by atoms with Crippen molar-refractivity contribution in [2.45, 2.75) is 13.2 Å². The van der Waals surface area contributed by atoms with Crippen molar-refractivity contribution in [1.82, 2.24) is 20.2 Å². The monoisotopic (exact) mass is 341 g/mol. The fourth-order valence-electron chi connectivity index (χ4n) is 2.75. The highest BCUT2D eigenvalue weighted by Crippen LogP contribution is 2.13. The van der Waals surface area contributed by atoms with Gasteiger partial charge in [-0.05, 0) is 5.56 Å². The molecule has 1 aromatic carbocycles. The number of piperazine rings is 1. The summed E-state index contributed by atoms with van der Waals surface area (Å²) in [5.74, 6) is 0.725. The standard InChI is InChI=1S/C18H23N5O2/c1-19-18(24)25-14-16-11-20-17(21-12-16)23-9-7-22(8-10-23)13-15-5-3-2-4-6-15/h2-6,11-12H,7-10,13-14H2,1H3,(H,19,24). The van der Waals surface area contributed by atoms with Crippen molar-refractivity contribution in [2.24, 2.45) is 0 Å². The largest absolute Gasteiger partial charge is 0.445 e. The van der Waals surface area contributed by atoms with Gasteiger partial charge in [-0.3, -0.25) is 4.90 Å². The molecule has 25 heavy (non-hydrogen) atoms. The van der Waals surface area contributed by atoms with E-state index in [1.165, 1.54) is 12.6 Å². The van der Waals surface area contributed by atoms with Crippen LogP contribution in [0.15, 0.2) is 42.7 Å². The van der Waals surface area contributed by atoms with Crippen molar-refractivity contribution in [3.63, 3.8) is 0 Å². The number of carbonyl (C=O) groups excluding carboxylic acids is 1. The molecule has 0 atom stereocenters. The summed E-state index contributed by atoms with van der Waals surface area (Å²) >= 11 is 0. The number of rotatable bonds is 5. The second-order valence-electron chi connectivity index (χ2n) is 5.97. The molecule has 1 saturated heterocycles. The maximum atomic E-state index is 11.1. The molecule has 1 aliphatic rings. The molecule has 1 aliphatic heterocycles. The van der Waals surface area contributed by atoms with E-state index in [4.69, 9.17) is 4.74 Å². The average molecular weight is 341 g/mol. The molecule has 3 rings (SSSR count). The lowest BCUT2D eigenvalue weighted by atomic mass is 10.2. The fourth-order valence-corrected chi connectivity index (χ4v) is 2.75. The van der Waals surface area contributed by atoms with Crippen LogP contribution in [0.2, 0.25) is 0 Å². The van der Waals surface area contributed by atoms with Gasteiger partial charge in [0.1, 0.15) is 6.61 Å². The SMILES string of the molecule is CNC(=O)OCc1cnc(N2CCN(Cc3ccccc3)CC2)nc1. The quantitative estimate of drug-likeness (QED) is 0.892. The van der Waals surface area contributed by atoms with Gasteiger partial charge in [-0.15, -0.1) is 0 Å². The summed E-state index contributed by atoms with van der Waals surface area (Å²) in [6.45, 7) is 4.93. The minimum atomic E-state index is -0.460. The minimum Gasteiger partial charge on any atom is -0.445 e. The van der Waals surface area contributed by atoms with E-state index >= 15 is 0 Å². The predicted octanol–water partition coefficient (Wildman–Crippen LogP) is 1.65. The van der Waals surface area contributed by atoms with E-state index in [0.717, 1.165) is 44.2 Å². The number of ether oxygens (including phenoxy) is 1. The van der Waals surface area contributed by atoms with E-state index in [0.29, 0.717) is 0 Å². The van der Waals surface area contributed by atoms with Crippen LogP contribution < -0.4 is 10.2 Å². The van der Waals surface area contributed by atoms with Gasteiger partial charge in [0.15, 0.2) is 0 Å². The first-order valence-corrected chi connectivity index (χ1v) is 8.41. The van der Waals surface area contributed by atoms with Gasteiger partial charge in [-0.2, -0.15) is 0 Å². The third-order valence-electron chi connectivity index (χ3n) is 4.17. The molecule has 1 aromatic heterocycles. The van der Waals surface area contributed by atoms with Crippen LogP contribution in [0.3, 0.4) is 0 Å². The maximum Gasteiger partial charge on any atom is 0.407 e. The normalized spacial score (nSPS) is 15.0. The molecule has 1 fully saturated rings. The first-order chi connectivity index (χ1) is 12.2. The van der Waals surface area contributed by atoms with Gasteiger partial charge in [-0.25, -0.2) is 14.8 Å². The summed E-state index contributed by atoms with van der Waals surface area (Å²) < 4.78 is 4.98. The third kappa shape index (κ3) is 4.90. The number of anilines is 1. The Morgan fingerprint density at radius 1 is 1.08 bits per heavy atom. The van der Waals surface area contributed by atoms with Crippen molar-refractivity contribution in [3.05, 3.63) is 53.9 Å². The number of hydrogen-bond acceptors (Lipinski definition) is 6. The summed E-state index contributed by atoms with van der Waals surface area (Å²) in [6, 6.07) is 10.5. The van der Waals surface area contributed by atoms with Crippen LogP contribution in [0.5, 0.6) is 0 Å². The zero-order valence-electron chi connectivity index (χ0n) is 14.4. The number of hydrogen-bond donors (Lipinski definition) is 1. The Labute approximate surface area is 147 Å². The molecule has 2 heterocycles. The van der Waals surface area contributed by atoms with E-state index in [2.05, 4.69) is 49.4 Å². The number of benzene rings is 1. The molecular formula is C18H23N5O2. The van der Waals surface area contributed by atoms with Gasteiger partial charge in [0.05, 0.1) is 0 Å². The number of aromatic nitrogens is 2. The van der Waals surface area contributed by atoms with Crippen LogP contribution in [-0.2, 0) is 17.9 Å². The summed E-state index contributed by atoms with van der Waals surface area (Å²) in [5, 5.41) is 2.40. The number of alkyl carbamates (subject to hydrolysis) is 1. The van der Waals surface area contributed by atoms with E-state index in [-0.39, 0.29) is 6.61 Å². The average Bonchev–Trinajstić information content (AvgIpc) is 2.68. The topological polar surface area (TPSA) is 70.6 Å². The van der Waals surface area contributed by atoms with Gasteiger partial charge in [0, 0.05) is 57.7 Å². The van der Waals surface area contributed by atoms with Crippen LogP contribution in [-0.4, -0.2) is 54.2 Å². The number of nitrogens with one attached hydrogen (secondary N) is 1. The molecule has 7 nitrogen and oxygen atoms in total. The van der Waals surface area contributed by atoms with Crippen molar-refractivity contribution in [2.75, 3.05) is 38.1 Å². The summed E-state index contributed by atoms with van der Waals surface area (Å²) in [4.78, 5) is 24.5. The molecule has 0 unspecified atom stereocenters. The third-order valence-corrected chi connectivity index (χ3v) is 4.17. The minimum absolute atomic E-state index is 0.171. The Bertz CT molecular complexity index is 670. The van der Waals surface area contributed by atoms with Crippen LogP contribution >= 0.6 is 0 Å². The lowest BCUT2D eigenvalue weighted by Crippen LogP contribution is -2.46. The lowest BCUT2D eigenvalue weighted by molar-refractivity contribution is 0.141. The number of amides is 1. The molecule has 132 valence electrons. The molecule has 1 amide bonds. The van der Waals surface area contributed by atoms with Crippen molar-refractivity contribution in [1.29, 1.82) is 0 Å². The van der Waals surface area contributed by atoms with Gasteiger partial charge in [0.25, 0.3) is 0 Å². The molecular weight excluding hydrogens is 318 g/mol. The smallest absolute Gasteiger partial charge is 0.407 e. The highest BCUT2D eigenvalue weighted by Gasteiger charge is 2.19. The van der Waals surface area contributed by atoms with Gasteiger partial charge < -0.3 is 15.0 Å². The van der Waals surface area contributed by atoms with Crippen LogP contribution in [0.25, 0.3) is 0 Å². The van der Waals surface area contributed by atoms with Gasteiger partial charge in [0.2, 0.25) is 5.95 Å². The second-order valence-corrected chi connectivity index (χ2v) is 5.97. The van der Waals surface area contributed by atoms with Crippen molar-refractivity contribution >= 4 is 12.0 Å². The Kier molecular flexibility index (Phi) is 5.79. The number of carbonyl (C=O) groups is 1. The summed E-state index contributed by atoms with van der Waals surface area (Å²) in [5.41, 5.74) is 2.11. The Morgan fingerprint density at radius 3 is 2.40 bits per heavy atom. The molecule has 0 spiro atoms. The van der Waals surface area contributed by atoms with Crippen LogP contribution in [0.1, 0.15) is 11.1 Å². The summed E-state index contributed by atoms with van der Waals surface area (Å²) in [7, 11) is 1.53. The highest BCUT2D eigenvalue weighted by molar-refractivity contribution is 5.66. The number of nitrogens with zero attached hydrogens (tertiary/aromatic N) is 4. The van der Waals surface area contributed by atoms with E-state index in [1.54, 1.807) is 12.4 Å². The van der Waals surface area contributed by atoms with Gasteiger partial charge in [-0.1, -0.05) is 30.3 Å². The van der Waals surface area contributed by atoms with E-state index in [1.807, 2.05) is 6.07 Å². The molecule has 2 aromatic rings. The first kappa shape index (κ1) is 17.2. The van der Waals surface area contributed by atoms with Crippen LogP contribution in [0.4, 0.5) is 10.7 Å². The molecule has 0 aliphatic carbocycles. The molecule has 0 radical (unpaired) electrons. The van der Waals surface area contributed by atoms with Crippen LogP contribution in [0, 0.1) is 0 Å². The Hall–Kier alpha value is -2.67. The van der Waals surface area contributed by atoms with Crippen molar-refractivity contribution in [3.8, 4) is 0 Å². The molecule has 0 bridgehead atoms. The van der Waals surface area contributed by atoms with E-state index in [9.17, 15) is 4.79 Å². The van der Waals surface area contributed by atoms with Gasteiger partial charge >= 0.3 is 6.09 Å². The predicted molar refractivity (Wildman–Crippen MR) is 95.2 cm³/mol. The second kappa shape index (κ2) is 8.43. The molecule has 0 saturated carbocycles. The Balaban J connectivity index is 1.48. The van der Waals surface area contributed by atoms with E-state index < -0.39 is 6.09 Å². The van der Waals surface area contributed by atoms with Crippen molar-refractivity contribution < 1.29 is 9.53 Å². The zero-order chi connectivity index (χ0) is 17.5.